The highest BCUT2D eigenvalue weighted by Crippen LogP contribution is 2.40. The van der Waals surface area contributed by atoms with Gasteiger partial charge in [0, 0.05) is 20.2 Å². The number of nitrogens with one attached hydrogen (secondary N) is 1. The predicted molar refractivity (Wildman–Crippen MR) is 74.0 cm³/mol. The molecule has 1 aromatic heterocycles. The van der Waals surface area contributed by atoms with Crippen LogP contribution in [0, 0.1) is 11.3 Å². The van der Waals surface area contributed by atoms with E-state index in [1.54, 1.807) is 7.05 Å². The maximum atomic E-state index is 12.8. The average molecular weight is 331 g/mol. The number of benzene rings is 1. The first kappa shape index (κ1) is 16.0. The molecule has 0 unspecified atom stereocenters. The second-order valence-electron chi connectivity index (χ2n) is 4.26. The third kappa shape index (κ3) is 2.94. The van der Waals surface area contributed by atoms with Crippen molar-refractivity contribution in [3.63, 3.8) is 0 Å². The maximum Gasteiger partial charge on any atom is 0.434 e. The van der Waals surface area contributed by atoms with Gasteiger partial charge in [0.15, 0.2) is 5.69 Å². The second kappa shape index (κ2) is 5.77. The van der Waals surface area contributed by atoms with Crippen molar-refractivity contribution >= 4 is 17.3 Å². The smallest absolute Gasteiger partial charge is 0.434 e. The van der Waals surface area contributed by atoms with Crippen LogP contribution in [0.15, 0.2) is 18.2 Å². The summed E-state index contributed by atoms with van der Waals surface area (Å²) in [6.07, 6.45) is -4.64. The zero-order valence-corrected chi connectivity index (χ0v) is 12.2. The van der Waals surface area contributed by atoms with Gasteiger partial charge in [-0.15, -0.1) is 5.10 Å². The molecule has 0 aliphatic carbocycles. The monoisotopic (exact) mass is 330 g/mol. The minimum atomic E-state index is -4.64. The quantitative estimate of drug-likeness (QED) is 0.929. The fourth-order valence-electron chi connectivity index (χ4n) is 1.85. The summed E-state index contributed by atoms with van der Waals surface area (Å²) in [5.74, 6) is -0.152. The molecule has 0 amide bonds. The van der Waals surface area contributed by atoms with Crippen LogP contribution in [-0.2, 0) is 13.2 Å². The lowest BCUT2D eigenvalue weighted by atomic mass is 10.2. The van der Waals surface area contributed by atoms with Gasteiger partial charge in [0.05, 0.1) is 11.3 Å². The molecule has 1 N–H and O–H groups in total. The topological polar surface area (TPSA) is 62.9 Å². The Morgan fingerprint density at radius 1 is 1.41 bits per heavy atom. The highest BCUT2D eigenvalue weighted by atomic mass is 35.5. The van der Waals surface area contributed by atoms with E-state index in [4.69, 9.17) is 21.6 Å². The number of nitrogens with zero attached hydrogens (tertiary/aromatic N) is 3. The van der Waals surface area contributed by atoms with Gasteiger partial charge in [0.1, 0.15) is 16.8 Å². The molecule has 0 radical (unpaired) electrons. The molecular weight excluding hydrogens is 321 g/mol. The molecule has 0 fully saturated rings. The molecule has 2 aromatic rings. The van der Waals surface area contributed by atoms with Crippen LogP contribution in [0.1, 0.15) is 11.3 Å². The van der Waals surface area contributed by atoms with Crippen LogP contribution in [0.2, 0.25) is 5.02 Å². The van der Waals surface area contributed by atoms with E-state index in [0.717, 1.165) is 7.05 Å². The van der Waals surface area contributed by atoms with Gasteiger partial charge in [-0.1, -0.05) is 11.6 Å². The first-order valence-corrected chi connectivity index (χ1v) is 6.35. The standard InChI is InChI=1S/C13H10ClF3N4O/c1-19-9-5-8(4-3-7(9)6-18)22-12-10(14)11(13(15,16)17)21(2)20-12/h3-5,19H,1-2H3. The Balaban J connectivity index is 2.39. The Bertz CT molecular complexity index is 749. The van der Waals surface area contributed by atoms with E-state index in [0.29, 0.717) is 15.9 Å². The van der Waals surface area contributed by atoms with Crippen molar-refractivity contribution in [2.75, 3.05) is 12.4 Å². The van der Waals surface area contributed by atoms with Gasteiger partial charge < -0.3 is 10.1 Å². The SMILES string of the molecule is CNc1cc(Oc2nn(C)c(C(F)(F)F)c2Cl)ccc1C#N. The summed E-state index contributed by atoms with van der Waals surface area (Å²) in [6, 6.07) is 6.36. The zero-order chi connectivity index (χ0) is 16.5. The Hall–Kier alpha value is -2.40. The van der Waals surface area contributed by atoms with Crippen molar-refractivity contribution < 1.29 is 17.9 Å². The van der Waals surface area contributed by atoms with E-state index in [2.05, 4.69) is 10.4 Å². The number of nitriles is 1. The minimum Gasteiger partial charge on any atom is -0.436 e. The van der Waals surface area contributed by atoms with E-state index >= 15 is 0 Å². The van der Waals surface area contributed by atoms with Crippen LogP contribution in [0.3, 0.4) is 0 Å². The summed E-state index contributed by atoms with van der Waals surface area (Å²) >= 11 is 5.70. The maximum absolute atomic E-state index is 12.8. The first-order valence-electron chi connectivity index (χ1n) is 5.97. The van der Waals surface area contributed by atoms with Gasteiger partial charge in [-0.25, -0.2) is 0 Å². The first-order chi connectivity index (χ1) is 10.3. The number of alkyl halides is 3. The normalized spacial score (nSPS) is 11.1. The summed E-state index contributed by atoms with van der Waals surface area (Å²) in [5, 5.41) is 14.7. The van der Waals surface area contributed by atoms with Gasteiger partial charge in [0.2, 0.25) is 0 Å². The van der Waals surface area contributed by atoms with Gasteiger partial charge in [-0.05, 0) is 12.1 Å². The Morgan fingerprint density at radius 2 is 2.09 bits per heavy atom. The number of hydrogen-bond donors (Lipinski definition) is 1. The van der Waals surface area contributed by atoms with Crippen LogP contribution in [0.5, 0.6) is 11.6 Å². The second-order valence-corrected chi connectivity index (χ2v) is 4.64. The van der Waals surface area contributed by atoms with Crippen molar-refractivity contribution in [1.82, 2.24) is 9.78 Å². The number of halogens is 4. The Morgan fingerprint density at radius 3 is 2.59 bits per heavy atom. The summed E-state index contributed by atoms with van der Waals surface area (Å²) < 4.78 is 44.4. The van der Waals surface area contributed by atoms with E-state index < -0.39 is 16.9 Å². The van der Waals surface area contributed by atoms with Gasteiger partial charge in [0.25, 0.3) is 5.88 Å². The minimum absolute atomic E-state index is 0.206. The third-order valence-electron chi connectivity index (χ3n) is 2.82. The Kier molecular flexibility index (Phi) is 4.19. The molecule has 0 saturated carbocycles. The molecule has 0 atom stereocenters. The summed E-state index contributed by atoms with van der Waals surface area (Å²) in [5.41, 5.74) is -0.243. The van der Waals surface area contributed by atoms with Crippen molar-refractivity contribution in [2.24, 2.45) is 7.05 Å². The lowest BCUT2D eigenvalue weighted by molar-refractivity contribution is -0.143. The molecule has 22 heavy (non-hydrogen) atoms. The number of anilines is 1. The molecule has 0 bridgehead atoms. The van der Waals surface area contributed by atoms with Crippen LogP contribution in [0.4, 0.5) is 18.9 Å². The molecule has 1 heterocycles. The highest BCUT2D eigenvalue weighted by Gasteiger charge is 2.39. The van der Waals surface area contributed by atoms with Gasteiger partial charge in [-0.3, -0.25) is 4.68 Å². The molecule has 0 aliphatic rings. The molecule has 9 heteroatoms. The molecule has 5 nitrogen and oxygen atoms in total. The number of aryl methyl sites for hydroxylation is 1. The van der Waals surface area contributed by atoms with E-state index in [9.17, 15) is 13.2 Å². The van der Waals surface area contributed by atoms with Crippen LogP contribution < -0.4 is 10.1 Å². The van der Waals surface area contributed by atoms with Gasteiger partial charge in [-0.2, -0.15) is 18.4 Å². The number of rotatable bonds is 3. The number of ether oxygens (including phenoxy) is 1. The van der Waals surface area contributed by atoms with E-state index in [-0.39, 0.29) is 11.6 Å². The largest absolute Gasteiger partial charge is 0.436 e. The van der Waals surface area contributed by atoms with Gasteiger partial charge >= 0.3 is 6.18 Å². The molecule has 116 valence electrons. The van der Waals surface area contributed by atoms with Crippen molar-refractivity contribution in [3.05, 3.63) is 34.5 Å². The summed E-state index contributed by atoms with van der Waals surface area (Å²) in [6.45, 7) is 0. The lowest BCUT2D eigenvalue weighted by Crippen LogP contribution is -2.12. The van der Waals surface area contributed by atoms with Crippen LogP contribution >= 0.6 is 11.6 Å². The highest BCUT2D eigenvalue weighted by molar-refractivity contribution is 6.32. The third-order valence-corrected chi connectivity index (χ3v) is 3.16. The van der Waals surface area contributed by atoms with E-state index in [1.807, 2.05) is 6.07 Å². The summed E-state index contributed by atoms with van der Waals surface area (Å²) in [4.78, 5) is 0. The average Bonchev–Trinajstić information content (AvgIpc) is 2.72. The fraction of sp³-hybridized carbons (Fsp3) is 0.231. The summed E-state index contributed by atoms with van der Waals surface area (Å²) in [7, 11) is 2.73. The van der Waals surface area contributed by atoms with Crippen LogP contribution in [0.25, 0.3) is 0 Å². The molecule has 0 saturated heterocycles. The zero-order valence-electron chi connectivity index (χ0n) is 11.5. The molecule has 1 aromatic carbocycles. The number of hydrogen-bond acceptors (Lipinski definition) is 4. The molecule has 0 aliphatic heterocycles. The van der Waals surface area contributed by atoms with Crippen molar-refractivity contribution in [1.29, 1.82) is 5.26 Å². The Labute approximate surface area is 128 Å². The predicted octanol–water partition coefficient (Wildman–Crippen LogP) is 3.80. The lowest BCUT2D eigenvalue weighted by Gasteiger charge is -2.07. The molecule has 2 rings (SSSR count). The number of aromatic nitrogens is 2. The van der Waals surface area contributed by atoms with Crippen LogP contribution in [-0.4, -0.2) is 16.8 Å². The molecular formula is C13H10ClF3N4O. The fourth-order valence-corrected chi connectivity index (χ4v) is 2.16. The molecule has 0 spiro atoms. The van der Waals surface area contributed by atoms with E-state index in [1.165, 1.54) is 18.2 Å². The van der Waals surface area contributed by atoms with Crippen molar-refractivity contribution in [2.45, 2.75) is 6.18 Å². The van der Waals surface area contributed by atoms with Crippen molar-refractivity contribution in [3.8, 4) is 17.7 Å².